The second-order valence-electron chi connectivity index (χ2n) is 9.23. The van der Waals surface area contributed by atoms with Gasteiger partial charge in [-0.1, -0.05) is 23.9 Å². The Morgan fingerprint density at radius 3 is 2.64 bits per heavy atom. The molecule has 1 aliphatic carbocycles. The fraction of sp³-hybridized carbons (Fsp3) is 0.522. The van der Waals surface area contributed by atoms with Crippen LogP contribution in [-0.4, -0.2) is 54.8 Å². The topological polar surface area (TPSA) is 51.8 Å². The number of benzene rings is 1. The van der Waals surface area contributed by atoms with Crippen LogP contribution < -0.4 is 0 Å². The van der Waals surface area contributed by atoms with Gasteiger partial charge in [0.1, 0.15) is 0 Å². The van der Waals surface area contributed by atoms with Crippen molar-refractivity contribution in [1.82, 2.24) is 29.4 Å². The number of thioether (sulfide) groups is 1. The first-order valence-electron chi connectivity index (χ1n) is 11.2. The lowest BCUT2D eigenvalue weighted by Gasteiger charge is -2.16. The maximum absolute atomic E-state index is 12.8. The van der Waals surface area contributed by atoms with Gasteiger partial charge in [-0.2, -0.15) is 18.3 Å². The van der Waals surface area contributed by atoms with Gasteiger partial charge < -0.3 is 9.47 Å². The average molecular weight is 477 g/mol. The molecule has 0 N–H and O–H groups in total. The van der Waals surface area contributed by atoms with E-state index >= 15 is 0 Å². The number of hydrogen-bond acceptors (Lipinski definition) is 5. The molecular weight excluding hydrogens is 449 g/mol. The fourth-order valence-corrected chi connectivity index (χ4v) is 5.86. The average Bonchev–Trinajstić information content (AvgIpc) is 3.06. The largest absolute Gasteiger partial charge is 0.416 e. The van der Waals surface area contributed by atoms with Gasteiger partial charge >= 0.3 is 6.18 Å². The Balaban J connectivity index is 1.09. The van der Waals surface area contributed by atoms with Crippen molar-refractivity contribution in [3.05, 3.63) is 47.8 Å². The predicted molar refractivity (Wildman–Crippen MR) is 121 cm³/mol. The molecule has 1 aromatic carbocycles. The van der Waals surface area contributed by atoms with Crippen LogP contribution in [-0.2, 0) is 20.3 Å². The molecule has 1 saturated heterocycles. The summed E-state index contributed by atoms with van der Waals surface area (Å²) in [5.74, 6) is 2.17. The van der Waals surface area contributed by atoms with E-state index in [2.05, 4.69) is 20.2 Å². The van der Waals surface area contributed by atoms with Gasteiger partial charge in [-0.25, -0.2) is 0 Å². The van der Waals surface area contributed by atoms with E-state index in [1.807, 2.05) is 24.9 Å². The first-order chi connectivity index (χ1) is 15.7. The molecule has 0 amide bonds. The van der Waals surface area contributed by atoms with E-state index in [0.717, 1.165) is 66.8 Å². The van der Waals surface area contributed by atoms with Crippen LogP contribution in [0.2, 0.25) is 0 Å². The summed E-state index contributed by atoms with van der Waals surface area (Å²) in [5, 5.41) is 13.7. The van der Waals surface area contributed by atoms with E-state index in [0.29, 0.717) is 5.92 Å². The van der Waals surface area contributed by atoms with Gasteiger partial charge in [0.15, 0.2) is 11.0 Å². The summed E-state index contributed by atoms with van der Waals surface area (Å²) in [7, 11) is 3.86. The van der Waals surface area contributed by atoms with Crippen molar-refractivity contribution >= 4 is 11.8 Å². The van der Waals surface area contributed by atoms with Crippen molar-refractivity contribution in [2.45, 2.75) is 36.5 Å². The van der Waals surface area contributed by atoms with Gasteiger partial charge in [-0.05, 0) is 61.4 Å². The maximum atomic E-state index is 12.8. The molecule has 176 valence electrons. The molecule has 6 nitrogen and oxygen atoms in total. The van der Waals surface area contributed by atoms with E-state index in [-0.39, 0.29) is 5.41 Å². The highest BCUT2D eigenvalue weighted by Gasteiger charge is 2.57. The number of aromatic nitrogens is 5. The third-order valence-corrected chi connectivity index (χ3v) is 8.05. The maximum Gasteiger partial charge on any atom is 0.416 e. The summed E-state index contributed by atoms with van der Waals surface area (Å²) in [4.78, 5) is 2.50. The zero-order valence-corrected chi connectivity index (χ0v) is 19.5. The van der Waals surface area contributed by atoms with Crippen molar-refractivity contribution in [2.75, 3.05) is 25.4 Å². The van der Waals surface area contributed by atoms with Crippen molar-refractivity contribution in [3.63, 3.8) is 0 Å². The minimum atomic E-state index is -4.27. The molecule has 1 saturated carbocycles. The highest BCUT2D eigenvalue weighted by molar-refractivity contribution is 7.99. The predicted octanol–water partition coefficient (Wildman–Crippen LogP) is 4.60. The normalized spacial score (nSPS) is 23.0. The van der Waals surface area contributed by atoms with Crippen LogP contribution in [0.1, 0.15) is 36.3 Å². The van der Waals surface area contributed by atoms with Crippen LogP contribution in [0, 0.1) is 5.41 Å². The standard InChI is InChI=1S/C23H27F3N6S/c1-30-14-17(13-27-30)20-28-29-21(31(20)2)33-11-3-9-32-10-8-22(15-32)12-19(22)16-4-6-18(7-5-16)23(24,25)26/h4-7,13-14,19H,3,8-12,15H2,1-2H3/t19-,22?/m1/s1. The van der Waals surface area contributed by atoms with E-state index in [1.165, 1.54) is 12.1 Å². The van der Waals surface area contributed by atoms with E-state index in [9.17, 15) is 13.2 Å². The summed E-state index contributed by atoms with van der Waals surface area (Å²) in [6.07, 6.45) is 2.71. The summed E-state index contributed by atoms with van der Waals surface area (Å²) in [6, 6.07) is 5.78. The summed E-state index contributed by atoms with van der Waals surface area (Å²) < 4.78 is 42.2. The highest BCUT2D eigenvalue weighted by atomic mass is 32.2. The van der Waals surface area contributed by atoms with Crippen molar-refractivity contribution in [2.24, 2.45) is 19.5 Å². The molecular formula is C23H27F3N6S. The van der Waals surface area contributed by atoms with Crippen LogP contribution in [0.5, 0.6) is 0 Å². The molecule has 0 bridgehead atoms. The van der Waals surface area contributed by atoms with Crippen LogP contribution in [0.15, 0.2) is 41.8 Å². The molecule has 1 unspecified atom stereocenters. The van der Waals surface area contributed by atoms with Gasteiger partial charge in [0.2, 0.25) is 0 Å². The molecule has 10 heteroatoms. The lowest BCUT2D eigenvalue weighted by Crippen LogP contribution is -2.23. The smallest absolute Gasteiger partial charge is 0.305 e. The van der Waals surface area contributed by atoms with Crippen LogP contribution >= 0.6 is 11.8 Å². The molecule has 0 radical (unpaired) electrons. The van der Waals surface area contributed by atoms with Gasteiger partial charge in [0, 0.05) is 32.6 Å². The van der Waals surface area contributed by atoms with Gasteiger partial charge in [0.25, 0.3) is 0 Å². The molecule has 2 aromatic heterocycles. The van der Waals surface area contributed by atoms with Gasteiger partial charge in [0.05, 0.1) is 17.3 Å². The molecule has 3 heterocycles. The Hall–Kier alpha value is -2.33. The minimum Gasteiger partial charge on any atom is -0.305 e. The molecule has 2 fully saturated rings. The summed E-state index contributed by atoms with van der Waals surface area (Å²) in [6.45, 7) is 3.14. The first kappa shape index (κ1) is 22.5. The van der Waals surface area contributed by atoms with E-state index in [1.54, 1.807) is 34.8 Å². The Bertz CT molecular complexity index is 1120. The zero-order chi connectivity index (χ0) is 23.2. The molecule has 2 aliphatic rings. The lowest BCUT2D eigenvalue weighted by molar-refractivity contribution is -0.137. The number of rotatable bonds is 7. The van der Waals surface area contributed by atoms with Crippen LogP contribution in [0.4, 0.5) is 13.2 Å². The Labute approximate surface area is 195 Å². The van der Waals surface area contributed by atoms with Crippen LogP contribution in [0.3, 0.4) is 0 Å². The number of halogens is 3. The number of hydrogen-bond donors (Lipinski definition) is 0. The minimum absolute atomic E-state index is 0.259. The quantitative estimate of drug-likeness (QED) is 0.369. The summed E-state index contributed by atoms with van der Waals surface area (Å²) in [5.41, 5.74) is 1.69. The van der Waals surface area contributed by atoms with Gasteiger partial charge in [-0.3, -0.25) is 4.68 Å². The molecule has 33 heavy (non-hydrogen) atoms. The molecule has 3 aromatic rings. The number of alkyl halides is 3. The van der Waals surface area contributed by atoms with E-state index in [4.69, 9.17) is 0 Å². The zero-order valence-electron chi connectivity index (χ0n) is 18.7. The molecule has 5 rings (SSSR count). The molecule has 1 spiro atoms. The Morgan fingerprint density at radius 1 is 1.15 bits per heavy atom. The van der Waals surface area contributed by atoms with Crippen molar-refractivity contribution < 1.29 is 13.2 Å². The van der Waals surface area contributed by atoms with Crippen molar-refractivity contribution in [3.8, 4) is 11.4 Å². The fourth-order valence-electron chi connectivity index (χ4n) is 5.03. The van der Waals surface area contributed by atoms with Crippen LogP contribution in [0.25, 0.3) is 11.4 Å². The third kappa shape index (κ3) is 4.55. The number of nitrogens with zero attached hydrogens (tertiary/aromatic N) is 6. The monoisotopic (exact) mass is 476 g/mol. The van der Waals surface area contributed by atoms with Gasteiger partial charge in [-0.15, -0.1) is 10.2 Å². The highest BCUT2D eigenvalue weighted by Crippen LogP contribution is 2.64. The number of likely N-dealkylation sites (tertiary alicyclic amines) is 1. The summed E-state index contributed by atoms with van der Waals surface area (Å²) >= 11 is 1.71. The third-order valence-electron chi connectivity index (χ3n) is 6.94. The molecule has 2 atom stereocenters. The number of aryl methyl sites for hydroxylation is 1. The SMILES string of the molecule is Cn1cc(-c2nnc(SCCCN3CCC4(C[C@@H]4c4ccc(C(F)(F)F)cc4)C3)n2C)cn1. The lowest BCUT2D eigenvalue weighted by atomic mass is 9.97. The van der Waals surface area contributed by atoms with Crippen molar-refractivity contribution in [1.29, 1.82) is 0 Å². The molecule has 1 aliphatic heterocycles. The Morgan fingerprint density at radius 2 is 1.94 bits per heavy atom. The second kappa shape index (κ2) is 8.47. The second-order valence-corrected chi connectivity index (χ2v) is 10.3. The first-order valence-corrected chi connectivity index (χ1v) is 12.1. The Kier molecular flexibility index (Phi) is 5.76. The van der Waals surface area contributed by atoms with E-state index < -0.39 is 11.7 Å².